The van der Waals surface area contributed by atoms with Gasteiger partial charge in [-0.1, -0.05) is 18.2 Å². The number of nitrogens with one attached hydrogen (secondary N) is 1. The first-order valence-corrected chi connectivity index (χ1v) is 8.32. The first kappa shape index (κ1) is 17.4. The molecule has 1 aromatic carbocycles. The molecule has 2 amide bonds. The minimum Gasteiger partial charge on any atom is -0.467 e. The topological polar surface area (TPSA) is 75.4 Å². The maximum atomic E-state index is 12.8. The molecule has 0 bridgehead atoms. The smallest absolute Gasteiger partial charge is 0.276 e. The molecular weight excluding hydrogens is 330 g/mol. The molecule has 0 atom stereocenters. The van der Waals surface area contributed by atoms with E-state index in [9.17, 15) is 9.59 Å². The van der Waals surface area contributed by atoms with Crippen LogP contribution in [-0.4, -0.2) is 23.3 Å². The molecule has 0 radical (unpaired) electrons. The van der Waals surface area contributed by atoms with E-state index in [0.717, 1.165) is 5.69 Å². The lowest BCUT2D eigenvalue weighted by Gasteiger charge is -2.20. The molecule has 132 valence electrons. The Bertz CT molecular complexity index is 876. The highest BCUT2D eigenvalue weighted by molar-refractivity contribution is 6.06. The molecule has 2 heterocycles. The molecule has 3 aromatic rings. The summed E-state index contributed by atoms with van der Waals surface area (Å²) in [6.07, 6.45) is 3.02. The molecule has 0 aliphatic carbocycles. The summed E-state index contributed by atoms with van der Waals surface area (Å²) < 4.78 is 5.19. The van der Waals surface area contributed by atoms with Crippen LogP contribution in [0.25, 0.3) is 0 Å². The van der Waals surface area contributed by atoms with E-state index < -0.39 is 0 Å². The van der Waals surface area contributed by atoms with E-state index in [1.807, 2.05) is 37.3 Å². The van der Waals surface area contributed by atoms with Gasteiger partial charge in [0.25, 0.3) is 11.8 Å². The molecule has 2 aromatic heterocycles. The summed E-state index contributed by atoms with van der Waals surface area (Å²) in [4.78, 5) is 30.9. The lowest BCUT2D eigenvalue weighted by molar-refractivity contribution is 0.0948. The number of amides is 2. The second-order valence-electron chi connectivity index (χ2n) is 5.58. The van der Waals surface area contributed by atoms with Crippen LogP contribution >= 0.6 is 0 Å². The molecule has 0 spiro atoms. The lowest BCUT2D eigenvalue weighted by Crippen LogP contribution is -2.31. The van der Waals surface area contributed by atoms with E-state index in [4.69, 9.17) is 4.42 Å². The van der Waals surface area contributed by atoms with Gasteiger partial charge in [-0.05, 0) is 43.3 Å². The second kappa shape index (κ2) is 8.11. The SMILES string of the molecule is CCN(C(=O)c1cc(C(=O)NCc2ccco2)ccn1)c1ccccc1. The third-order valence-corrected chi connectivity index (χ3v) is 3.87. The summed E-state index contributed by atoms with van der Waals surface area (Å²) in [6, 6.07) is 16.0. The van der Waals surface area contributed by atoms with Crippen molar-refractivity contribution < 1.29 is 14.0 Å². The van der Waals surface area contributed by atoms with Gasteiger partial charge in [0.05, 0.1) is 12.8 Å². The Morgan fingerprint density at radius 1 is 1.12 bits per heavy atom. The predicted molar refractivity (Wildman–Crippen MR) is 97.9 cm³/mol. The van der Waals surface area contributed by atoms with Gasteiger partial charge < -0.3 is 14.6 Å². The predicted octanol–water partition coefficient (Wildman–Crippen LogP) is 3.27. The van der Waals surface area contributed by atoms with Crippen LogP contribution in [-0.2, 0) is 6.54 Å². The van der Waals surface area contributed by atoms with Crippen molar-refractivity contribution in [2.24, 2.45) is 0 Å². The summed E-state index contributed by atoms with van der Waals surface area (Å²) in [6.45, 7) is 2.67. The largest absolute Gasteiger partial charge is 0.467 e. The van der Waals surface area contributed by atoms with Crippen LogP contribution in [0.4, 0.5) is 5.69 Å². The number of hydrogen-bond acceptors (Lipinski definition) is 4. The third-order valence-electron chi connectivity index (χ3n) is 3.87. The van der Waals surface area contributed by atoms with Crippen molar-refractivity contribution in [1.82, 2.24) is 10.3 Å². The molecular formula is C20H19N3O3. The summed E-state index contributed by atoms with van der Waals surface area (Å²) in [5, 5.41) is 2.76. The third kappa shape index (κ3) is 3.97. The number of carbonyl (C=O) groups is 2. The van der Waals surface area contributed by atoms with Gasteiger partial charge in [-0.25, -0.2) is 0 Å². The van der Waals surface area contributed by atoms with E-state index in [0.29, 0.717) is 17.9 Å². The number of carbonyl (C=O) groups excluding carboxylic acids is 2. The number of anilines is 1. The molecule has 6 heteroatoms. The van der Waals surface area contributed by atoms with Gasteiger partial charge >= 0.3 is 0 Å². The number of rotatable bonds is 6. The highest BCUT2D eigenvalue weighted by atomic mass is 16.3. The minimum absolute atomic E-state index is 0.223. The molecule has 0 saturated heterocycles. The first-order valence-electron chi connectivity index (χ1n) is 8.32. The standard InChI is InChI=1S/C20H19N3O3/c1-2-23(16-7-4-3-5-8-16)20(25)18-13-15(10-11-21-18)19(24)22-14-17-9-6-12-26-17/h3-13H,2,14H2,1H3,(H,22,24). The van der Waals surface area contributed by atoms with Gasteiger partial charge in [-0.2, -0.15) is 0 Å². The molecule has 6 nitrogen and oxygen atoms in total. The van der Waals surface area contributed by atoms with Crippen LogP contribution in [0.15, 0.2) is 71.5 Å². The van der Waals surface area contributed by atoms with Crippen molar-refractivity contribution in [3.8, 4) is 0 Å². The Kier molecular flexibility index (Phi) is 5.43. The average Bonchev–Trinajstić information content (AvgIpc) is 3.21. The number of aromatic nitrogens is 1. The summed E-state index contributed by atoms with van der Waals surface area (Å²) >= 11 is 0. The number of hydrogen-bond donors (Lipinski definition) is 1. The Hall–Kier alpha value is -3.41. The van der Waals surface area contributed by atoms with E-state index >= 15 is 0 Å². The number of nitrogens with zero attached hydrogens (tertiary/aromatic N) is 2. The highest BCUT2D eigenvalue weighted by Gasteiger charge is 2.18. The van der Waals surface area contributed by atoms with Crippen molar-refractivity contribution in [1.29, 1.82) is 0 Å². The Balaban J connectivity index is 1.75. The van der Waals surface area contributed by atoms with Gasteiger partial charge in [0.15, 0.2) is 0 Å². The molecule has 26 heavy (non-hydrogen) atoms. The maximum absolute atomic E-state index is 12.8. The molecule has 0 saturated carbocycles. The zero-order valence-electron chi connectivity index (χ0n) is 14.4. The van der Waals surface area contributed by atoms with Gasteiger partial charge in [-0.3, -0.25) is 14.6 Å². The Morgan fingerprint density at radius 2 is 1.92 bits per heavy atom. The van der Waals surface area contributed by atoms with Gasteiger partial charge in [0.2, 0.25) is 0 Å². The number of pyridine rings is 1. The van der Waals surface area contributed by atoms with Crippen LogP contribution in [0.2, 0.25) is 0 Å². The number of furan rings is 1. The van der Waals surface area contributed by atoms with Crippen LogP contribution < -0.4 is 10.2 Å². The fourth-order valence-corrected chi connectivity index (χ4v) is 2.56. The zero-order valence-corrected chi connectivity index (χ0v) is 14.4. The Labute approximate surface area is 151 Å². The van der Waals surface area contributed by atoms with Gasteiger partial charge in [0, 0.05) is 24.0 Å². The maximum Gasteiger partial charge on any atom is 0.276 e. The highest BCUT2D eigenvalue weighted by Crippen LogP contribution is 2.16. The van der Waals surface area contributed by atoms with Crippen molar-refractivity contribution in [2.45, 2.75) is 13.5 Å². The molecule has 0 fully saturated rings. The van der Waals surface area contributed by atoms with E-state index in [-0.39, 0.29) is 24.1 Å². The van der Waals surface area contributed by atoms with Crippen LogP contribution in [0.5, 0.6) is 0 Å². The van der Waals surface area contributed by atoms with Crippen molar-refractivity contribution >= 4 is 17.5 Å². The summed E-state index contributed by atoms with van der Waals surface area (Å²) in [5.41, 5.74) is 1.38. The Morgan fingerprint density at radius 3 is 2.62 bits per heavy atom. The monoisotopic (exact) mass is 349 g/mol. The summed E-state index contributed by atoms with van der Waals surface area (Å²) in [5.74, 6) is 0.116. The van der Waals surface area contributed by atoms with Crippen molar-refractivity contribution in [2.75, 3.05) is 11.4 Å². The first-order chi connectivity index (χ1) is 12.7. The fraction of sp³-hybridized carbons (Fsp3) is 0.150. The molecule has 3 rings (SSSR count). The van der Waals surface area contributed by atoms with E-state index in [1.165, 1.54) is 12.3 Å². The fourth-order valence-electron chi connectivity index (χ4n) is 2.56. The second-order valence-corrected chi connectivity index (χ2v) is 5.58. The normalized spacial score (nSPS) is 10.3. The van der Waals surface area contributed by atoms with E-state index in [1.54, 1.807) is 29.4 Å². The van der Waals surface area contributed by atoms with Crippen molar-refractivity contribution in [3.63, 3.8) is 0 Å². The van der Waals surface area contributed by atoms with Gasteiger partial charge in [-0.15, -0.1) is 0 Å². The van der Waals surface area contributed by atoms with Crippen molar-refractivity contribution in [3.05, 3.63) is 84.1 Å². The zero-order chi connectivity index (χ0) is 18.4. The molecule has 0 unspecified atom stereocenters. The van der Waals surface area contributed by atoms with E-state index in [2.05, 4.69) is 10.3 Å². The average molecular weight is 349 g/mol. The lowest BCUT2D eigenvalue weighted by atomic mass is 10.2. The molecule has 0 aliphatic heterocycles. The number of benzene rings is 1. The van der Waals surface area contributed by atoms with Crippen LogP contribution in [0.1, 0.15) is 33.5 Å². The molecule has 1 N–H and O–H groups in total. The quantitative estimate of drug-likeness (QED) is 0.741. The minimum atomic E-state index is -0.291. The van der Waals surface area contributed by atoms with Crippen LogP contribution in [0, 0.1) is 0 Å². The number of para-hydroxylation sites is 1. The molecule has 0 aliphatic rings. The summed E-state index contributed by atoms with van der Waals surface area (Å²) in [7, 11) is 0. The van der Waals surface area contributed by atoms with Crippen LogP contribution in [0.3, 0.4) is 0 Å². The van der Waals surface area contributed by atoms with Gasteiger partial charge in [0.1, 0.15) is 11.5 Å².